The fourth-order valence-electron chi connectivity index (χ4n) is 1.92. The van der Waals surface area contributed by atoms with Gasteiger partial charge < -0.3 is 21.9 Å². The summed E-state index contributed by atoms with van der Waals surface area (Å²) >= 11 is 11.1. The molecule has 0 aliphatic heterocycles. The summed E-state index contributed by atoms with van der Waals surface area (Å²) in [6.45, 7) is 0.165. The second kappa shape index (κ2) is 6.29. The zero-order valence-electron chi connectivity index (χ0n) is 11.2. The van der Waals surface area contributed by atoms with Crippen LogP contribution in [0.25, 0.3) is 5.69 Å². The molecular formula is C15H10ClFN3OS-. The molecule has 0 fully saturated rings. The molecule has 3 aromatic rings. The van der Waals surface area contributed by atoms with E-state index in [1.807, 2.05) is 12.1 Å². The number of nitrogens with zero attached hydrogens (tertiary/aromatic N) is 3. The first-order chi connectivity index (χ1) is 10.6. The Kier molecular flexibility index (Phi) is 4.22. The zero-order chi connectivity index (χ0) is 15.5. The third-order valence-electron chi connectivity index (χ3n) is 2.97. The van der Waals surface area contributed by atoms with Crippen molar-refractivity contribution < 1.29 is 9.13 Å². The number of halogens is 2. The first-order valence-electron chi connectivity index (χ1n) is 6.39. The summed E-state index contributed by atoms with van der Waals surface area (Å²) in [5.74, 6) is 0.777. The molecule has 3 rings (SSSR count). The summed E-state index contributed by atoms with van der Waals surface area (Å²) in [5, 5.41) is 8.89. The molecule has 0 radical (unpaired) electrons. The summed E-state index contributed by atoms with van der Waals surface area (Å²) in [6, 6.07) is 12.9. The zero-order valence-corrected chi connectivity index (χ0v) is 12.8. The minimum Gasteiger partial charge on any atom is -0.740 e. The first kappa shape index (κ1) is 14.7. The Balaban J connectivity index is 1.83. The molecule has 7 heteroatoms. The highest BCUT2D eigenvalue weighted by Crippen LogP contribution is 2.18. The van der Waals surface area contributed by atoms with Gasteiger partial charge in [-0.15, -0.1) is 5.10 Å². The molecule has 0 unspecified atom stereocenters. The highest BCUT2D eigenvalue weighted by atomic mass is 35.5. The van der Waals surface area contributed by atoms with E-state index >= 15 is 0 Å². The van der Waals surface area contributed by atoms with Gasteiger partial charge in [0.2, 0.25) is 0 Å². The maximum Gasteiger partial charge on any atom is 0.174 e. The van der Waals surface area contributed by atoms with Crippen LogP contribution in [0.4, 0.5) is 4.39 Å². The van der Waals surface area contributed by atoms with Gasteiger partial charge in [-0.1, -0.05) is 11.6 Å². The van der Waals surface area contributed by atoms with E-state index in [0.717, 1.165) is 5.69 Å². The van der Waals surface area contributed by atoms with Crippen molar-refractivity contribution in [2.75, 3.05) is 0 Å². The minimum absolute atomic E-state index is 0.165. The van der Waals surface area contributed by atoms with Gasteiger partial charge in [-0.3, -0.25) is 0 Å². The van der Waals surface area contributed by atoms with Crippen molar-refractivity contribution in [3.63, 3.8) is 0 Å². The molecule has 22 heavy (non-hydrogen) atoms. The molecule has 1 aromatic heterocycles. The van der Waals surface area contributed by atoms with Crippen LogP contribution in [0.3, 0.4) is 0 Å². The molecular weight excluding hydrogens is 325 g/mol. The quantitative estimate of drug-likeness (QED) is 0.684. The Morgan fingerprint density at radius 3 is 2.41 bits per heavy atom. The molecule has 0 saturated carbocycles. The predicted octanol–water partition coefficient (Wildman–Crippen LogP) is 3.54. The number of rotatable bonds is 4. The molecule has 0 atom stereocenters. The average molecular weight is 335 g/mol. The summed E-state index contributed by atoms with van der Waals surface area (Å²) in [6.07, 6.45) is 0. The maximum absolute atomic E-state index is 12.9. The van der Waals surface area contributed by atoms with Crippen LogP contribution in [0.5, 0.6) is 5.75 Å². The van der Waals surface area contributed by atoms with E-state index in [1.165, 1.54) is 12.1 Å². The van der Waals surface area contributed by atoms with Crippen molar-refractivity contribution in [3.8, 4) is 11.4 Å². The van der Waals surface area contributed by atoms with E-state index < -0.39 is 0 Å². The van der Waals surface area contributed by atoms with E-state index in [9.17, 15) is 4.39 Å². The van der Waals surface area contributed by atoms with Gasteiger partial charge in [0.25, 0.3) is 0 Å². The molecule has 0 bridgehead atoms. The smallest absolute Gasteiger partial charge is 0.174 e. The Bertz CT molecular complexity index is 774. The van der Waals surface area contributed by atoms with Crippen LogP contribution in [0, 0.1) is 5.82 Å². The highest BCUT2D eigenvalue weighted by molar-refractivity contribution is 7.58. The highest BCUT2D eigenvalue weighted by Gasteiger charge is 2.08. The van der Waals surface area contributed by atoms with E-state index in [0.29, 0.717) is 21.8 Å². The van der Waals surface area contributed by atoms with Crippen molar-refractivity contribution in [3.05, 3.63) is 65.2 Å². The normalized spacial score (nSPS) is 10.6. The fraction of sp³-hybridized carbons (Fsp3) is 0.0667. The number of hydrogen-bond acceptors (Lipinski definition) is 4. The van der Waals surface area contributed by atoms with Crippen molar-refractivity contribution in [2.24, 2.45) is 0 Å². The number of aromatic nitrogens is 3. The molecule has 1 heterocycles. The molecule has 0 spiro atoms. The van der Waals surface area contributed by atoms with Gasteiger partial charge in [0.1, 0.15) is 18.2 Å². The lowest BCUT2D eigenvalue weighted by molar-refractivity contribution is 0.292. The van der Waals surface area contributed by atoms with Gasteiger partial charge in [0, 0.05) is 15.9 Å². The van der Waals surface area contributed by atoms with Gasteiger partial charge >= 0.3 is 0 Å². The second-order valence-corrected chi connectivity index (χ2v) is 5.25. The predicted molar refractivity (Wildman–Crippen MR) is 82.7 cm³/mol. The summed E-state index contributed by atoms with van der Waals surface area (Å²) < 4.78 is 20.2. The van der Waals surface area contributed by atoms with Crippen LogP contribution < -0.4 is 4.74 Å². The third kappa shape index (κ3) is 3.18. The van der Waals surface area contributed by atoms with Crippen LogP contribution in [-0.2, 0) is 19.2 Å². The molecule has 112 valence electrons. The lowest BCUT2D eigenvalue weighted by Gasteiger charge is -2.13. The number of hydrogen-bond donors (Lipinski definition) is 0. The average Bonchev–Trinajstić information content (AvgIpc) is 2.89. The molecule has 0 amide bonds. The van der Waals surface area contributed by atoms with Gasteiger partial charge in [-0.2, -0.15) is 5.10 Å². The molecule has 0 N–H and O–H groups in total. The molecule has 0 aliphatic rings. The summed E-state index contributed by atoms with van der Waals surface area (Å²) in [7, 11) is 0. The van der Waals surface area contributed by atoms with Gasteiger partial charge in [-0.05, 0) is 48.5 Å². The second-order valence-electron chi connectivity index (χ2n) is 4.45. The Labute approximate surface area is 136 Å². The van der Waals surface area contributed by atoms with Crippen molar-refractivity contribution in [2.45, 2.75) is 11.8 Å². The van der Waals surface area contributed by atoms with Crippen molar-refractivity contribution in [1.82, 2.24) is 14.8 Å². The van der Waals surface area contributed by atoms with Gasteiger partial charge in [-0.25, -0.2) is 4.39 Å². The number of ether oxygens (including phenoxy) is 1. The third-order valence-corrected chi connectivity index (χ3v) is 3.48. The van der Waals surface area contributed by atoms with Crippen LogP contribution in [0.2, 0.25) is 5.02 Å². The van der Waals surface area contributed by atoms with Crippen molar-refractivity contribution in [1.29, 1.82) is 0 Å². The molecule has 4 nitrogen and oxygen atoms in total. The van der Waals surface area contributed by atoms with Crippen molar-refractivity contribution >= 4 is 24.2 Å². The monoisotopic (exact) mass is 334 g/mol. The van der Waals surface area contributed by atoms with Crippen LogP contribution in [0.15, 0.2) is 53.7 Å². The van der Waals surface area contributed by atoms with E-state index in [2.05, 4.69) is 10.2 Å². The molecule has 2 aromatic carbocycles. The van der Waals surface area contributed by atoms with E-state index in [-0.39, 0.29) is 12.4 Å². The first-order valence-corrected chi connectivity index (χ1v) is 7.18. The summed E-state index contributed by atoms with van der Waals surface area (Å²) in [4.78, 5) is 0. The molecule has 0 aliphatic carbocycles. The Hall–Kier alpha value is -2.18. The van der Waals surface area contributed by atoms with Crippen LogP contribution in [-0.4, -0.2) is 14.8 Å². The van der Waals surface area contributed by atoms with E-state index in [4.69, 9.17) is 29.0 Å². The maximum atomic E-state index is 12.9. The lowest BCUT2D eigenvalue weighted by atomic mass is 10.3. The van der Waals surface area contributed by atoms with E-state index in [1.54, 1.807) is 28.8 Å². The fourth-order valence-corrected chi connectivity index (χ4v) is 2.30. The lowest BCUT2D eigenvalue weighted by Crippen LogP contribution is -2.06. The molecule has 0 saturated heterocycles. The van der Waals surface area contributed by atoms with Gasteiger partial charge in [0.05, 0.1) is 0 Å². The Morgan fingerprint density at radius 1 is 1.05 bits per heavy atom. The summed E-state index contributed by atoms with van der Waals surface area (Å²) in [5.41, 5.74) is 0.803. The SMILES string of the molecule is Fc1ccc(OCc2nnc([S-])n2-c2ccc(Cl)cc2)cc1. The largest absolute Gasteiger partial charge is 0.740 e. The minimum atomic E-state index is -0.315. The topological polar surface area (TPSA) is 39.9 Å². The number of benzene rings is 2. The standard InChI is InChI=1S/C15H11ClFN3OS/c16-10-1-5-12(6-2-10)20-14(18-19-15(20)22)9-21-13-7-3-11(17)4-8-13/h1-8H,9H2,(H,19,22)/p-1. The Morgan fingerprint density at radius 2 is 1.73 bits per heavy atom. The van der Waals surface area contributed by atoms with Crippen LogP contribution >= 0.6 is 11.6 Å². The van der Waals surface area contributed by atoms with Gasteiger partial charge in [0.15, 0.2) is 5.82 Å². The van der Waals surface area contributed by atoms with Crippen LogP contribution in [0.1, 0.15) is 5.82 Å².